The van der Waals surface area contributed by atoms with Gasteiger partial charge in [0.05, 0.1) is 0 Å². The lowest BCUT2D eigenvalue weighted by Crippen LogP contribution is -2.34. The molecule has 1 aliphatic rings. The third-order valence-corrected chi connectivity index (χ3v) is 4.30. The molecule has 1 heterocycles. The minimum absolute atomic E-state index is 0.162. The van der Waals surface area contributed by atoms with Crippen molar-refractivity contribution in [2.75, 3.05) is 33.7 Å². The molecule has 2 rings (SSSR count). The molecule has 1 aromatic rings. The maximum absolute atomic E-state index is 6.27. The standard InChI is InChI=1S/C16H27N3/c1-13-11-19(12-16(13)18(2)3)10-9-15(17)14-7-5-4-6-8-14/h4-8,13,15-16H,9-12,17H2,1-3H3. The molecule has 3 heteroatoms. The Kier molecular flexibility index (Phi) is 4.97. The molecule has 3 atom stereocenters. The molecule has 1 aliphatic heterocycles. The summed E-state index contributed by atoms with van der Waals surface area (Å²) >= 11 is 0. The Morgan fingerprint density at radius 2 is 1.95 bits per heavy atom. The van der Waals surface area contributed by atoms with Crippen molar-refractivity contribution in [1.82, 2.24) is 9.80 Å². The van der Waals surface area contributed by atoms with E-state index >= 15 is 0 Å². The summed E-state index contributed by atoms with van der Waals surface area (Å²) in [6.07, 6.45) is 1.04. The van der Waals surface area contributed by atoms with Gasteiger partial charge in [-0.3, -0.25) is 0 Å². The van der Waals surface area contributed by atoms with Crippen LogP contribution in [0.5, 0.6) is 0 Å². The van der Waals surface area contributed by atoms with Crippen molar-refractivity contribution in [3.05, 3.63) is 35.9 Å². The fraction of sp³-hybridized carbons (Fsp3) is 0.625. The highest BCUT2D eigenvalue weighted by atomic mass is 15.2. The van der Waals surface area contributed by atoms with Crippen molar-refractivity contribution in [1.29, 1.82) is 0 Å². The Morgan fingerprint density at radius 1 is 1.26 bits per heavy atom. The Hall–Kier alpha value is -0.900. The molecule has 0 amide bonds. The molecular weight excluding hydrogens is 234 g/mol. The largest absolute Gasteiger partial charge is 0.324 e. The van der Waals surface area contributed by atoms with Gasteiger partial charge in [0.1, 0.15) is 0 Å². The normalized spacial score (nSPS) is 25.9. The summed E-state index contributed by atoms with van der Waals surface area (Å²) in [6, 6.07) is 11.3. The molecule has 2 N–H and O–H groups in total. The van der Waals surface area contributed by atoms with Crippen LogP contribution in [0.3, 0.4) is 0 Å². The summed E-state index contributed by atoms with van der Waals surface area (Å²) in [6.45, 7) is 5.83. The first-order valence-corrected chi connectivity index (χ1v) is 7.27. The highest BCUT2D eigenvalue weighted by Gasteiger charge is 2.30. The van der Waals surface area contributed by atoms with Gasteiger partial charge >= 0.3 is 0 Å². The molecule has 106 valence electrons. The number of rotatable bonds is 5. The number of likely N-dealkylation sites (N-methyl/N-ethyl adjacent to an activating group) is 1. The predicted molar refractivity (Wildman–Crippen MR) is 81.1 cm³/mol. The first-order chi connectivity index (χ1) is 9.08. The maximum Gasteiger partial charge on any atom is 0.0307 e. The van der Waals surface area contributed by atoms with Crippen LogP contribution in [-0.2, 0) is 0 Å². The van der Waals surface area contributed by atoms with Gasteiger partial charge < -0.3 is 15.5 Å². The molecular formula is C16H27N3. The molecule has 3 nitrogen and oxygen atoms in total. The minimum atomic E-state index is 0.162. The van der Waals surface area contributed by atoms with Crippen LogP contribution in [-0.4, -0.2) is 49.6 Å². The third kappa shape index (κ3) is 3.78. The van der Waals surface area contributed by atoms with Gasteiger partial charge in [0, 0.05) is 31.7 Å². The van der Waals surface area contributed by atoms with Crippen molar-refractivity contribution in [2.24, 2.45) is 11.7 Å². The molecule has 0 aliphatic carbocycles. The fourth-order valence-electron chi connectivity index (χ4n) is 3.09. The molecule has 1 fully saturated rings. The van der Waals surface area contributed by atoms with E-state index in [1.807, 2.05) is 6.07 Å². The van der Waals surface area contributed by atoms with Gasteiger partial charge in [-0.15, -0.1) is 0 Å². The van der Waals surface area contributed by atoms with E-state index in [2.05, 4.69) is 55.1 Å². The lowest BCUT2D eigenvalue weighted by atomic mass is 10.0. The predicted octanol–water partition coefficient (Wildman–Crippen LogP) is 1.96. The van der Waals surface area contributed by atoms with Gasteiger partial charge in [0.15, 0.2) is 0 Å². The van der Waals surface area contributed by atoms with Crippen LogP contribution in [0, 0.1) is 5.92 Å². The molecule has 1 saturated heterocycles. The highest BCUT2D eigenvalue weighted by Crippen LogP contribution is 2.21. The first kappa shape index (κ1) is 14.5. The van der Waals surface area contributed by atoms with E-state index in [4.69, 9.17) is 5.73 Å². The average molecular weight is 261 g/mol. The summed E-state index contributed by atoms with van der Waals surface area (Å²) < 4.78 is 0. The van der Waals surface area contributed by atoms with Gasteiger partial charge in [0.25, 0.3) is 0 Å². The third-order valence-electron chi connectivity index (χ3n) is 4.30. The van der Waals surface area contributed by atoms with E-state index in [1.165, 1.54) is 18.7 Å². The van der Waals surface area contributed by atoms with Gasteiger partial charge in [0.2, 0.25) is 0 Å². The Labute approximate surface area is 117 Å². The SMILES string of the molecule is CC1CN(CCC(N)c2ccccc2)CC1N(C)C. The van der Waals surface area contributed by atoms with E-state index in [-0.39, 0.29) is 6.04 Å². The Morgan fingerprint density at radius 3 is 2.53 bits per heavy atom. The molecule has 3 unspecified atom stereocenters. The van der Waals surface area contributed by atoms with Crippen LogP contribution in [0.25, 0.3) is 0 Å². The second-order valence-corrected chi connectivity index (χ2v) is 6.07. The number of likely N-dealkylation sites (tertiary alicyclic amines) is 1. The summed E-state index contributed by atoms with van der Waals surface area (Å²) in [7, 11) is 4.36. The second kappa shape index (κ2) is 6.51. The van der Waals surface area contributed by atoms with Gasteiger partial charge in [-0.2, -0.15) is 0 Å². The lowest BCUT2D eigenvalue weighted by molar-refractivity contribution is 0.250. The van der Waals surface area contributed by atoms with Crippen LogP contribution in [0.1, 0.15) is 24.9 Å². The van der Waals surface area contributed by atoms with Crippen molar-refractivity contribution in [3.63, 3.8) is 0 Å². The average Bonchev–Trinajstić information content (AvgIpc) is 2.78. The molecule has 0 spiro atoms. The quantitative estimate of drug-likeness (QED) is 0.879. The topological polar surface area (TPSA) is 32.5 Å². The van der Waals surface area contributed by atoms with E-state index in [1.54, 1.807) is 0 Å². The van der Waals surface area contributed by atoms with E-state index in [0.717, 1.165) is 18.9 Å². The molecule has 0 aromatic heterocycles. The zero-order valence-corrected chi connectivity index (χ0v) is 12.4. The van der Waals surface area contributed by atoms with Crippen molar-refractivity contribution in [3.8, 4) is 0 Å². The Bertz CT molecular complexity index is 377. The smallest absolute Gasteiger partial charge is 0.0307 e. The minimum Gasteiger partial charge on any atom is -0.324 e. The zero-order chi connectivity index (χ0) is 13.8. The molecule has 19 heavy (non-hydrogen) atoms. The number of hydrogen-bond donors (Lipinski definition) is 1. The van der Waals surface area contributed by atoms with Gasteiger partial charge in [-0.1, -0.05) is 37.3 Å². The van der Waals surface area contributed by atoms with E-state index < -0.39 is 0 Å². The number of benzene rings is 1. The summed E-state index contributed by atoms with van der Waals surface area (Å²) in [5, 5.41) is 0. The van der Waals surface area contributed by atoms with Crippen molar-refractivity contribution in [2.45, 2.75) is 25.4 Å². The molecule has 0 bridgehead atoms. The highest BCUT2D eigenvalue weighted by molar-refractivity contribution is 5.18. The monoisotopic (exact) mass is 261 g/mol. The summed E-state index contributed by atoms with van der Waals surface area (Å²) in [5.74, 6) is 0.753. The number of hydrogen-bond acceptors (Lipinski definition) is 3. The van der Waals surface area contributed by atoms with Gasteiger partial charge in [-0.05, 0) is 32.0 Å². The molecule has 1 aromatic carbocycles. The molecule has 0 radical (unpaired) electrons. The lowest BCUT2D eigenvalue weighted by Gasteiger charge is -2.23. The van der Waals surface area contributed by atoms with Crippen molar-refractivity contribution >= 4 is 0 Å². The van der Waals surface area contributed by atoms with Crippen LogP contribution in [0.2, 0.25) is 0 Å². The van der Waals surface area contributed by atoms with Crippen LogP contribution >= 0.6 is 0 Å². The van der Waals surface area contributed by atoms with Crippen LogP contribution in [0.4, 0.5) is 0 Å². The fourth-order valence-corrected chi connectivity index (χ4v) is 3.09. The summed E-state index contributed by atoms with van der Waals surface area (Å²) in [4.78, 5) is 4.90. The summed E-state index contributed by atoms with van der Waals surface area (Å²) in [5.41, 5.74) is 7.51. The zero-order valence-electron chi connectivity index (χ0n) is 12.4. The first-order valence-electron chi connectivity index (χ1n) is 7.27. The van der Waals surface area contributed by atoms with Gasteiger partial charge in [-0.25, -0.2) is 0 Å². The van der Waals surface area contributed by atoms with Crippen LogP contribution < -0.4 is 5.73 Å². The maximum atomic E-state index is 6.27. The van der Waals surface area contributed by atoms with Crippen molar-refractivity contribution < 1.29 is 0 Å². The van der Waals surface area contributed by atoms with Crippen LogP contribution in [0.15, 0.2) is 30.3 Å². The van der Waals surface area contributed by atoms with E-state index in [0.29, 0.717) is 6.04 Å². The number of nitrogens with two attached hydrogens (primary N) is 1. The van der Waals surface area contributed by atoms with E-state index in [9.17, 15) is 0 Å². The molecule has 0 saturated carbocycles. The number of nitrogens with zero attached hydrogens (tertiary/aromatic N) is 2. The Balaban J connectivity index is 1.81. The second-order valence-electron chi connectivity index (χ2n) is 6.07.